The van der Waals surface area contributed by atoms with Gasteiger partial charge in [0, 0.05) is 0 Å². The number of amides is 2. The van der Waals surface area contributed by atoms with Crippen molar-refractivity contribution in [3.05, 3.63) is 12.2 Å². The number of carbonyl (C=O) groups is 3. The molecule has 1 N–H and O–H groups in total. The van der Waals surface area contributed by atoms with E-state index in [0.717, 1.165) is 0 Å². The number of allylic oxidation sites excluding steroid dienone is 2. The molecule has 0 radical (unpaired) electrons. The number of carbonyl (C=O) groups excluding carboxylic acids is 3. The standard InChI is InChI=1S/C17H23NO5/c1-2-23-17(22)14-12(8-5-9-13(14)19)18-15(20)10-6-3-4-7-11(10)16(18)21/h3-4,10-14,19H,2,5-9H2,1H3/t10-,11+,12-,13-,14+/m0/s1. The van der Waals surface area contributed by atoms with E-state index in [1.165, 1.54) is 4.90 Å². The van der Waals surface area contributed by atoms with E-state index < -0.39 is 24.0 Å². The molecule has 5 atom stereocenters. The Morgan fingerprint density at radius 1 is 1.22 bits per heavy atom. The van der Waals surface area contributed by atoms with E-state index in [9.17, 15) is 19.5 Å². The third-order valence-electron chi connectivity index (χ3n) is 5.26. The predicted molar refractivity (Wildman–Crippen MR) is 81.0 cm³/mol. The number of rotatable bonds is 3. The molecule has 3 rings (SSSR count). The molecule has 1 heterocycles. The summed E-state index contributed by atoms with van der Waals surface area (Å²) in [6, 6.07) is -0.580. The van der Waals surface area contributed by atoms with Crippen molar-refractivity contribution in [3.8, 4) is 0 Å². The van der Waals surface area contributed by atoms with Gasteiger partial charge in [-0.15, -0.1) is 0 Å². The molecular weight excluding hydrogens is 298 g/mol. The highest BCUT2D eigenvalue weighted by atomic mass is 16.5. The fourth-order valence-electron chi connectivity index (χ4n) is 4.15. The fraction of sp³-hybridized carbons (Fsp3) is 0.706. The van der Waals surface area contributed by atoms with Crippen LogP contribution in [0.2, 0.25) is 0 Å². The molecule has 126 valence electrons. The van der Waals surface area contributed by atoms with Crippen molar-refractivity contribution < 1.29 is 24.2 Å². The molecule has 0 spiro atoms. The van der Waals surface area contributed by atoms with Gasteiger partial charge in [-0.3, -0.25) is 19.3 Å². The minimum absolute atomic E-state index is 0.197. The number of hydrogen-bond donors (Lipinski definition) is 1. The van der Waals surface area contributed by atoms with Crippen molar-refractivity contribution in [2.45, 2.75) is 51.2 Å². The van der Waals surface area contributed by atoms with Crippen LogP contribution in [0.25, 0.3) is 0 Å². The van der Waals surface area contributed by atoms with E-state index in [-0.39, 0.29) is 30.3 Å². The van der Waals surface area contributed by atoms with Crippen LogP contribution in [-0.4, -0.2) is 46.5 Å². The molecule has 2 fully saturated rings. The lowest BCUT2D eigenvalue weighted by Gasteiger charge is -2.38. The van der Waals surface area contributed by atoms with E-state index in [1.54, 1.807) is 6.92 Å². The van der Waals surface area contributed by atoms with Crippen molar-refractivity contribution in [1.82, 2.24) is 4.90 Å². The molecule has 1 saturated heterocycles. The maximum absolute atomic E-state index is 12.7. The first-order chi connectivity index (χ1) is 11.1. The summed E-state index contributed by atoms with van der Waals surface area (Å²) in [5, 5.41) is 10.3. The fourth-order valence-corrected chi connectivity index (χ4v) is 4.15. The van der Waals surface area contributed by atoms with Gasteiger partial charge >= 0.3 is 5.97 Å². The molecule has 0 unspecified atom stereocenters. The summed E-state index contributed by atoms with van der Waals surface area (Å²) in [4.78, 5) is 39.0. The van der Waals surface area contributed by atoms with Crippen LogP contribution in [0.15, 0.2) is 12.2 Å². The second-order valence-corrected chi connectivity index (χ2v) is 6.55. The summed E-state index contributed by atoms with van der Waals surface area (Å²) in [6.07, 6.45) is 5.88. The normalized spacial score (nSPS) is 37.0. The smallest absolute Gasteiger partial charge is 0.313 e. The average molecular weight is 321 g/mol. The molecule has 6 nitrogen and oxygen atoms in total. The van der Waals surface area contributed by atoms with Gasteiger partial charge in [-0.2, -0.15) is 0 Å². The van der Waals surface area contributed by atoms with Crippen LogP contribution in [0.3, 0.4) is 0 Å². The van der Waals surface area contributed by atoms with Crippen LogP contribution in [0.4, 0.5) is 0 Å². The molecule has 1 saturated carbocycles. The van der Waals surface area contributed by atoms with Gasteiger partial charge in [-0.25, -0.2) is 0 Å². The van der Waals surface area contributed by atoms with Gasteiger partial charge in [0.15, 0.2) is 0 Å². The lowest BCUT2D eigenvalue weighted by Crippen LogP contribution is -2.53. The molecule has 0 bridgehead atoms. The summed E-state index contributed by atoms with van der Waals surface area (Å²) < 4.78 is 5.07. The van der Waals surface area contributed by atoms with Crippen LogP contribution >= 0.6 is 0 Å². The Kier molecular flexibility index (Phi) is 4.53. The zero-order chi connectivity index (χ0) is 16.6. The van der Waals surface area contributed by atoms with Crippen molar-refractivity contribution in [3.63, 3.8) is 0 Å². The Morgan fingerprint density at radius 2 is 1.83 bits per heavy atom. The SMILES string of the molecule is CCOC(=O)[C@H]1[C@@H](O)CCC[C@@H]1N1C(=O)[C@H]2CC=CC[C@H]2C1=O. The minimum atomic E-state index is -0.867. The van der Waals surface area contributed by atoms with Crippen LogP contribution in [0.5, 0.6) is 0 Å². The molecular formula is C17H23NO5. The summed E-state index contributed by atoms with van der Waals surface area (Å²) >= 11 is 0. The highest BCUT2D eigenvalue weighted by Gasteiger charge is 2.53. The van der Waals surface area contributed by atoms with Crippen LogP contribution in [0, 0.1) is 17.8 Å². The second kappa shape index (κ2) is 6.43. The van der Waals surface area contributed by atoms with Gasteiger partial charge < -0.3 is 9.84 Å². The maximum Gasteiger partial charge on any atom is 0.313 e. The molecule has 6 heteroatoms. The number of hydrogen-bond acceptors (Lipinski definition) is 5. The van der Waals surface area contributed by atoms with E-state index in [4.69, 9.17) is 4.74 Å². The molecule has 3 aliphatic rings. The van der Waals surface area contributed by atoms with Gasteiger partial charge in [-0.05, 0) is 39.0 Å². The third-order valence-corrected chi connectivity index (χ3v) is 5.26. The number of nitrogens with zero attached hydrogens (tertiary/aromatic N) is 1. The Morgan fingerprint density at radius 3 is 2.39 bits per heavy atom. The van der Waals surface area contributed by atoms with E-state index in [0.29, 0.717) is 32.1 Å². The monoisotopic (exact) mass is 321 g/mol. The lowest BCUT2D eigenvalue weighted by molar-refractivity contribution is -0.161. The molecule has 23 heavy (non-hydrogen) atoms. The third kappa shape index (κ3) is 2.69. The van der Waals surface area contributed by atoms with Crippen LogP contribution in [0.1, 0.15) is 39.0 Å². The average Bonchev–Trinajstić information content (AvgIpc) is 2.79. The van der Waals surface area contributed by atoms with Crippen LogP contribution in [-0.2, 0) is 19.1 Å². The quantitative estimate of drug-likeness (QED) is 0.477. The van der Waals surface area contributed by atoms with Gasteiger partial charge in [-0.1, -0.05) is 12.2 Å². The number of ether oxygens (including phenoxy) is 1. The van der Waals surface area contributed by atoms with Gasteiger partial charge in [0.25, 0.3) is 0 Å². The van der Waals surface area contributed by atoms with Crippen molar-refractivity contribution in [2.75, 3.05) is 6.61 Å². The summed E-state index contributed by atoms with van der Waals surface area (Å²) in [7, 11) is 0. The molecule has 2 amide bonds. The second-order valence-electron chi connectivity index (χ2n) is 6.55. The van der Waals surface area contributed by atoms with Gasteiger partial charge in [0.05, 0.1) is 30.6 Å². The Bertz CT molecular complexity index is 517. The van der Waals surface area contributed by atoms with Crippen molar-refractivity contribution >= 4 is 17.8 Å². The first-order valence-corrected chi connectivity index (χ1v) is 8.42. The summed E-state index contributed by atoms with van der Waals surface area (Å²) in [6.45, 7) is 1.92. The van der Waals surface area contributed by atoms with Gasteiger partial charge in [0.2, 0.25) is 11.8 Å². The van der Waals surface area contributed by atoms with E-state index in [2.05, 4.69) is 0 Å². The number of fused-ring (bicyclic) bond motifs is 1. The Hall–Kier alpha value is -1.69. The molecule has 0 aromatic heterocycles. The molecule has 1 aliphatic heterocycles. The highest BCUT2D eigenvalue weighted by molar-refractivity contribution is 6.06. The number of esters is 1. The predicted octanol–water partition coefficient (Wildman–Crippen LogP) is 1.03. The largest absolute Gasteiger partial charge is 0.466 e. The topological polar surface area (TPSA) is 83.9 Å². The number of imide groups is 1. The zero-order valence-corrected chi connectivity index (χ0v) is 13.3. The van der Waals surface area contributed by atoms with Crippen molar-refractivity contribution in [2.24, 2.45) is 17.8 Å². The molecule has 0 aromatic rings. The molecule has 2 aliphatic carbocycles. The molecule has 0 aromatic carbocycles. The zero-order valence-electron chi connectivity index (χ0n) is 13.3. The number of aliphatic hydroxyl groups excluding tert-OH is 1. The van der Waals surface area contributed by atoms with Gasteiger partial charge in [0.1, 0.15) is 5.92 Å². The summed E-state index contributed by atoms with van der Waals surface area (Å²) in [5.41, 5.74) is 0. The lowest BCUT2D eigenvalue weighted by atomic mass is 9.81. The minimum Gasteiger partial charge on any atom is -0.466 e. The van der Waals surface area contributed by atoms with Crippen molar-refractivity contribution in [1.29, 1.82) is 0 Å². The Balaban J connectivity index is 1.87. The number of aliphatic hydroxyl groups is 1. The number of likely N-dealkylation sites (tertiary alicyclic amines) is 1. The Labute approximate surface area is 135 Å². The highest BCUT2D eigenvalue weighted by Crippen LogP contribution is 2.40. The first-order valence-electron chi connectivity index (χ1n) is 8.42. The van der Waals surface area contributed by atoms with E-state index in [1.807, 2.05) is 12.2 Å². The summed E-state index contributed by atoms with van der Waals surface area (Å²) in [5.74, 6) is -2.36. The first kappa shape index (κ1) is 16.2. The van der Waals surface area contributed by atoms with Crippen LogP contribution < -0.4 is 0 Å². The van der Waals surface area contributed by atoms with E-state index >= 15 is 0 Å². The maximum atomic E-state index is 12.7.